The molecule has 0 amide bonds. The maximum Gasteiger partial charge on any atom is 0.278 e. The molecule has 3 aromatic rings. The molecule has 2 aromatic heterocycles. The van der Waals surface area contributed by atoms with Crippen molar-refractivity contribution in [1.29, 1.82) is 0 Å². The van der Waals surface area contributed by atoms with Gasteiger partial charge in [-0.15, -0.1) is 0 Å². The van der Waals surface area contributed by atoms with Crippen molar-refractivity contribution in [3.05, 3.63) is 63.0 Å². The highest BCUT2D eigenvalue weighted by Gasteiger charge is 2.46. The van der Waals surface area contributed by atoms with Crippen LogP contribution in [0.5, 0.6) is 0 Å². The van der Waals surface area contributed by atoms with Crippen molar-refractivity contribution in [1.82, 2.24) is 19.4 Å². The summed E-state index contributed by atoms with van der Waals surface area (Å²) in [5.74, 6) is -5.00. The van der Waals surface area contributed by atoms with Crippen LogP contribution in [0.1, 0.15) is 113 Å². The predicted octanol–water partition coefficient (Wildman–Crippen LogP) is 7.59. The molecule has 1 aromatic carbocycles. The Morgan fingerprint density at radius 1 is 0.940 bits per heavy atom. The number of alkyl halides is 3. The summed E-state index contributed by atoms with van der Waals surface area (Å²) in [5, 5.41) is 3.79. The number of benzene rings is 1. The molecule has 7 rings (SSSR count). The van der Waals surface area contributed by atoms with Crippen LogP contribution in [0.25, 0.3) is 11.0 Å². The monoisotopic (exact) mass is 719 g/mol. The first kappa shape index (κ1) is 36.7. The largest absolute Gasteiger partial charge is 0.363 e. The molecule has 0 spiro atoms. The van der Waals surface area contributed by atoms with Crippen LogP contribution >= 0.6 is 0 Å². The summed E-state index contributed by atoms with van der Waals surface area (Å²) in [5.41, 5.74) is 0.111. The number of rotatable bonds is 2. The Morgan fingerprint density at radius 3 is 2.32 bits per heavy atom. The van der Waals surface area contributed by atoms with Gasteiger partial charge in [0.25, 0.3) is 11.5 Å². The van der Waals surface area contributed by atoms with E-state index in [0.29, 0.717) is 73.6 Å². The summed E-state index contributed by atoms with van der Waals surface area (Å²) in [6.45, 7) is 5.99. The third-order valence-electron chi connectivity index (χ3n) is 11.2. The topological polar surface area (TPSA) is 97.2 Å². The molecular weight excluding hydrogens is 670 g/mol. The molecule has 1 N–H and O–H groups in total. The lowest BCUT2D eigenvalue weighted by Crippen LogP contribution is -2.47. The molecule has 3 atom stereocenters. The number of fused-ring (bicyclic) bond motifs is 10. The van der Waals surface area contributed by atoms with Crippen LogP contribution in [0, 0.1) is 18.7 Å². The zero-order valence-electron chi connectivity index (χ0n) is 29.2. The summed E-state index contributed by atoms with van der Waals surface area (Å²) in [6.07, 6.45) is 4.62. The Morgan fingerprint density at radius 2 is 1.62 bits per heavy atom. The van der Waals surface area contributed by atoms with Gasteiger partial charge in [0.1, 0.15) is 39.1 Å². The Balaban J connectivity index is 1.42. The van der Waals surface area contributed by atoms with Crippen LogP contribution in [-0.4, -0.2) is 64.7 Å². The quantitative estimate of drug-likeness (QED) is 0.273. The van der Waals surface area contributed by atoms with Crippen molar-refractivity contribution in [2.75, 3.05) is 29.9 Å². The van der Waals surface area contributed by atoms with Crippen LogP contribution in [0.2, 0.25) is 0 Å². The van der Waals surface area contributed by atoms with Gasteiger partial charge in [-0.25, -0.2) is 35.9 Å². The fourth-order valence-corrected chi connectivity index (χ4v) is 9.77. The number of piperidine rings is 1. The fourth-order valence-electron chi connectivity index (χ4n) is 8.28. The number of nitrogens with one attached hydrogen (secondary N) is 1. The summed E-state index contributed by atoms with van der Waals surface area (Å²) in [7, 11) is -3.16. The first-order valence-electron chi connectivity index (χ1n) is 18.2. The molecule has 4 aliphatic rings. The lowest BCUT2D eigenvalue weighted by atomic mass is 9.84. The number of sulfone groups is 1. The summed E-state index contributed by atoms with van der Waals surface area (Å²) < 4.78 is 89.4. The molecule has 8 bridgehead atoms. The number of halogens is 4. The number of anilines is 1. The fraction of sp³-hybridized carbons (Fsp3) is 0.649. The zero-order chi connectivity index (χ0) is 35.8. The average molecular weight is 720 g/mol. The highest BCUT2D eigenvalue weighted by molar-refractivity contribution is 7.91. The Bertz CT molecular complexity index is 1850. The molecule has 0 radical (unpaired) electrons. The van der Waals surface area contributed by atoms with Gasteiger partial charge < -0.3 is 5.32 Å². The maximum absolute atomic E-state index is 16.2. The van der Waals surface area contributed by atoms with E-state index in [1.165, 1.54) is 19.1 Å². The van der Waals surface area contributed by atoms with Gasteiger partial charge in [0, 0.05) is 29.6 Å². The van der Waals surface area contributed by atoms with E-state index in [4.69, 9.17) is 0 Å². The minimum absolute atomic E-state index is 0.00257. The van der Waals surface area contributed by atoms with Crippen LogP contribution in [-0.2, 0) is 22.3 Å². The molecule has 2 fully saturated rings. The summed E-state index contributed by atoms with van der Waals surface area (Å²) in [4.78, 5) is 25.4. The van der Waals surface area contributed by atoms with Crippen molar-refractivity contribution >= 4 is 26.7 Å². The number of hydrogen-bond acceptors (Lipinski definition) is 7. The van der Waals surface area contributed by atoms with Gasteiger partial charge in [0.15, 0.2) is 0 Å². The molecule has 2 saturated heterocycles. The first-order chi connectivity index (χ1) is 23.8. The van der Waals surface area contributed by atoms with E-state index in [1.54, 1.807) is 24.5 Å². The highest BCUT2D eigenvalue weighted by atomic mass is 32.2. The van der Waals surface area contributed by atoms with Crippen molar-refractivity contribution in [2.45, 2.75) is 122 Å². The SMILES string of the molecule is Cc1nc2c3cc(C4CCS(=O)(=O)CC4)c(=O)n(c3n1)CCCCCCCC(C(C)F)N1CCC(CC1)C(F)(F)c1cccc(c1F)[C@@H](C)N2. The van der Waals surface area contributed by atoms with Gasteiger partial charge in [-0.2, -0.15) is 0 Å². The summed E-state index contributed by atoms with van der Waals surface area (Å²) >= 11 is 0. The molecule has 0 aliphatic carbocycles. The second-order valence-corrected chi connectivity index (χ2v) is 17.0. The zero-order valence-corrected chi connectivity index (χ0v) is 30.1. The maximum atomic E-state index is 16.2. The molecule has 0 saturated carbocycles. The van der Waals surface area contributed by atoms with E-state index in [-0.39, 0.29) is 47.4 Å². The normalized spacial score (nSPS) is 27.3. The molecular formula is C37H49F4N5O3S. The van der Waals surface area contributed by atoms with E-state index in [0.717, 1.165) is 31.7 Å². The van der Waals surface area contributed by atoms with Gasteiger partial charge in [-0.1, -0.05) is 43.9 Å². The predicted molar refractivity (Wildman–Crippen MR) is 188 cm³/mol. The minimum Gasteiger partial charge on any atom is -0.363 e. The van der Waals surface area contributed by atoms with Gasteiger partial charge in [-0.3, -0.25) is 14.3 Å². The molecule has 6 heterocycles. The second kappa shape index (κ2) is 14.9. The third kappa shape index (κ3) is 7.59. The Hall–Kier alpha value is -3.06. The number of pyridine rings is 1. The lowest BCUT2D eigenvalue weighted by molar-refractivity contribution is -0.0933. The van der Waals surface area contributed by atoms with Gasteiger partial charge >= 0.3 is 0 Å². The van der Waals surface area contributed by atoms with E-state index in [2.05, 4.69) is 15.3 Å². The summed E-state index contributed by atoms with van der Waals surface area (Å²) in [6, 6.07) is 4.69. The average Bonchev–Trinajstić information content (AvgIpc) is 3.06. The van der Waals surface area contributed by atoms with Crippen molar-refractivity contribution in [2.24, 2.45) is 5.92 Å². The van der Waals surface area contributed by atoms with Gasteiger partial charge in [-0.05, 0) is 84.4 Å². The molecule has 8 nitrogen and oxygen atoms in total. The number of aryl methyl sites for hydroxylation is 2. The van der Waals surface area contributed by atoms with Crippen LogP contribution < -0.4 is 10.9 Å². The van der Waals surface area contributed by atoms with Crippen LogP contribution in [0.4, 0.5) is 23.4 Å². The third-order valence-corrected chi connectivity index (χ3v) is 12.9. The smallest absolute Gasteiger partial charge is 0.278 e. The van der Waals surface area contributed by atoms with Crippen molar-refractivity contribution < 1.29 is 26.0 Å². The van der Waals surface area contributed by atoms with E-state index in [1.807, 2.05) is 4.90 Å². The van der Waals surface area contributed by atoms with E-state index < -0.39 is 45.3 Å². The van der Waals surface area contributed by atoms with E-state index >= 15 is 13.2 Å². The standard InChI is InChI=1S/C37H49F4N5O3S/c1-23(38)32-12-7-5-4-6-8-17-46-35-30(22-29(36(46)47)26-15-20-50(48,49)21-16-26)34(43-25(3)44-35)42-24(2)28-10-9-11-31(33(28)39)37(40,41)27-13-18-45(32)19-14-27/h9-11,22-24,26-27,32H,4-8,12-21H2,1-3H3,(H,42,43,44)/t23?,24-,32?/m1/s1. The minimum atomic E-state index is -3.42. The van der Waals surface area contributed by atoms with Crippen LogP contribution in [0.3, 0.4) is 0 Å². The van der Waals surface area contributed by atoms with Crippen molar-refractivity contribution in [3.8, 4) is 0 Å². The molecule has 13 heteroatoms. The van der Waals surface area contributed by atoms with Crippen LogP contribution in [0.15, 0.2) is 29.1 Å². The first-order valence-corrected chi connectivity index (χ1v) is 20.0. The Kier molecular flexibility index (Phi) is 10.9. The van der Waals surface area contributed by atoms with Gasteiger partial charge in [0.05, 0.1) is 28.5 Å². The lowest BCUT2D eigenvalue weighted by Gasteiger charge is -2.40. The molecule has 50 heavy (non-hydrogen) atoms. The van der Waals surface area contributed by atoms with E-state index in [9.17, 15) is 17.6 Å². The molecule has 2 unspecified atom stereocenters. The number of nitrogens with zero attached hydrogens (tertiary/aromatic N) is 4. The number of hydrogen-bond donors (Lipinski definition) is 1. The molecule has 4 aliphatic heterocycles. The highest BCUT2D eigenvalue weighted by Crippen LogP contribution is 2.44. The second-order valence-electron chi connectivity index (χ2n) is 14.6. The van der Waals surface area contributed by atoms with Gasteiger partial charge in [0.2, 0.25) is 0 Å². The number of aromatic nitrogens is 3. The Labute approximate surface area is 292 Å². The molecule has 274 valence electrons. The van der Waals surface area contributed by atoms with Crippen molar-refractivity contribution in [3.63, 3.8) is 0 Å².